The molecule has 1 N–H and O–H groups in total. The maximum atomic E-state index is 13.4. The molecule has 3 heterocycles. The molecule has 0 radical (unpaired) electrons. The summed E-state index contributed by atoms with van der Waals surface area (Å²) in [6, 6.07) is 8.51. The van der Waals surface area contributed by atoms with Crippen LogP contribution in [0.2, 0.25) is 0 Å². The van der Waals surface area contributed by atoms with E-state index in [4.69, 9.17) is 14.3 Å². The van der Waals surface area contributed by atoms with Crippen LogP contribution in [0.15, 0.2) is 48.1 Å². The third-order valence-corrected chi connectivity index (χ3v) is 9.18. The van der Waals surface area contributed by atoms with E-state index >= 15 is 0 Å². The second-order valence-electron chi connectivity index (χ2n) is 11.7. The minimum atomic E-state index is -0.313. The van der Waals surface area contributed by atoms with Gasteiger partial charge in [-0.05, 0) is 39.8 Å². The molecule has 42 heavy (non-hydrogen) atoms. The van der Waals surface area contributed by atoms with Crippen molar-refractivity contribution in [3.8, 4) is 11.1 Å². The molecule has 2 aromatic rings. The molecular formula is C33H35N3O6. The van der Waals surface area contributed by atoms with Crippen molar-refractivity contribution < 1.29 is 28.7 Å². The Morgan fingerprint density at radius 3 is 2.71 bits per heavy atom. The predicted octanol–water partition coefficient (Wildman–Crippen LogP) is 3.79. The monoisotopic (exact) mass is 569 g/mol. The van der Waals surface area contributed by atoms with Crippen molar-refractivity contribution in [1.82, 2.24) is 10.4 Å². The molecular weight excluding hydrogens is 534 g/mol. The molecule has 0 bridgehead atoms. The first-order valence-electron chi connectivity index (χ1n) is 14.7. The van der Waals surface area contributed by atoms with Crippen molar-refractivity contribution in [1.29, 1.82) is 0 Å². The topological polar surface area (TPSA) is 97.4 Å². The fraction of sp³-hybridized carbons (Fsp3) is 0.424. The summed E-state index contributed by atoms with van der Waals surface area (Å²) < 4.78 is 10.5. The zero-order valence-corrected chi connectivity index (χ0v) is 24.1. The number of hydrogen-bond donors (Lipinski definition) is 1. The standard InChI is InChI=1S/C33H35N3O6/c1-18(37)40-12-6-11-36-27-10-9-21(28-15-22(42-35(28)3)17-41-19(2)38)14-24(27)30-26-16-34-33(39)31(26)29-23-8-5-4-7-20(23)13-25(29)32(30)36/h4-5,7-10,14,22,24,27-28H,6,11-13,15-17H2,1-3H3,(H,34,39). The summed E-state index contributed by atoms with van der Waals surface area (Å²) in [5.41, 5.74) is 10.2. The molecule has 2 aliphatic carbocycles. The van der Waals surface area contributed by atoms with Gasteiger partial charge in [-0.2, -0.15) is 5.06 Å². The van der Waals surface area contributed by atoms with Gasteiger partial charge >= 0.3 is 11.9 Å². The second-order valence-corrected chi connectivity index (χ2v) is 11.7. The van der Waals surface area contributed by atoms with Crippen LogP contribution in [-0.4, -0.2) is 67.9 Å². The number of carbonyl (C=O) groups excluding carboxylic acids is 3. The third-order valence-electron chi connectivity index (χ3n) is 9.18. The summed E-state index contributed by atoms with van der Waals surface area (Å²) >= 11 is 0. The highest BCUT2D eigenvalue weighted by Gasteiger charge is 2.47. The van der Waals surface area contributed by atoms with E-state index in [2.05, 4.69) is 46.6 Å². The lowest BCUT2D eigenvalue weighted by Crippen LogP contribution is -2.36. The Labute approximate surface area is 245 Å². The van der Waals surface area contributed by atoms with Gasteiger partial charge in [0.05, 0.1) is 24.3 Å². The predicted molar refractivity (Wildman–Crippen MR) is 156 cm³/mol. The molecule has 0 aromatic heterocycles. The number of likely N-dealkylation sites (N-methyl/N-ethyl adjacent to an activating group) is 1. The molecule has 1 fully saturated rings. The lowest BCUT2D eigenvalue weighted by atomic mass is 9.81. The fourth-order valence-electron chi connectivity index (χ4n) is 7.55. The normalized spacial score (nSPS) is 24.9. The number of rotatable bonds is 7. The van der Waals surface area contributed by atoms with Crippen molar-refractivity contribution in [3.63, 3.8) is 0 Å². The van der Waals surface area contributed by atoms with Gasteiger partial charge in [-0.3, -0.25) is 19.2 Å². The number of hydroxylamine groups is 2. The minimum Gasteiger partial charge on any atom is -0.466 e. The molecule has 0 saturated carbocycles. The maximum absolute atomic E-state index is 13.4. The molecule has 1 saturated heterocycles. The third kappa shape index (κ3) is 4.34. The average molecular weight is 570 g/mol. The van der Waals surface area contributed by atoms with Gasteiger partial charge in [0.25, 0.3) is 5.91 Å². The number of esters is 2. The molecule has 2 aromatic carbocycles. The number of amides is 1. The molecule has 218 valence electrons. The van der Waals surface area contributed by atoms with Gasteiger partial charge in [-0.15, -0.1) is 0 Å². The van der Waals surface area contributed by atoms with E-state index in [1.807, 2.05) is 18.2 Å². The van der Waals surface area contributed by atoms with E-state index in [9.17, 15) is 14.4 Å². The van der Waals surface area contributed by atoms with Crippen LogP contribution in [0, 0.1) is 0 Å². The van der Waals surface area contributed by atoms with E-state index in [0.717, 1.165) is 40.8 Å². The Hall–Kier alpha value is -3.95. The van der Waals surface area contributed by atoms with Crippen LogP contribution in [0.5, 0.6) is 0 Å². The number of fused-ring (bicyclic) bond motifs is 10. The molecule has 3 aliphatic heterocycles. The summed E-state index contributed by atoms with van der Waals surface area (Å²) in [6.07, 6.45) is 8.84. The average Bonchev–Trinajstić information content (AvgIpc) is 3.71. The van der Waals surface area contributed by atoms with Gasteiger partial charge in [0.15, 0.2) is 0 Å². The largest absolute Gasteiger partial charge is 0.466 e. The summed E-state index contributed by atoms with van der Waals surface area (Å²) in [5.74, 6) is -0.524. The van der Waals surface area contributed by atoms with Crippen LogP contribution in [0.25, 0.3) is 11.1 Å². The highest BCUT2D eigenvalue weighted by atomic mass is 16.7. The Morgan fingerprint density at radius 2 is 1.90 bits per heavy atom. The van der Waals surface area contributed by atoms with Crippen molar-refractivity contribution in [2.45, 2.75) is 63.8 Å². The number of nitrogens with one attached hydrogen (secondary N) is 1. The van der Waals surface area contributed by atoms with Crippen molar-refractivity contribution >= 4 is 23.5 Å². The SMILES string of the molecule is CC(=O)OCCCN1c2c3c(c4c(c2C2C=C(C5CC(COC(C)=O)ON5C)C=CC21)CNC4=O)-c1ccccc1C3. The lowest BCUT2D eigenvalue weighted by molar-refractivity contribution is -0.165. The molecule has 9 heteroatoms. The number of carbonyl (C=O) groups is 3. The van der Waals surface area contributed by atoms with Gasteiger partial charge < -0.3 is 19.7 Å². The zero-order chi connectivity index (χ0) is 29.1. The van der Waals surface area contributed by atoms with Crippen LogP contribution in [0.3, 0.4) is 0 Å². The lowest BCUT2D eigenvalue weighted by Gasteiger charge is -2.31. The van der Waals surface area contributed by atoms with Crippen LogP contribution >= 0.6 is 0 Å². The summed E-state index contributed by atoms with van der Waals surface area (Å²) in [4.78, 5) is 44.7. The zero-order valence-electron chi connectivity index (χ0n) is 24.1. The summed E-state index contributed by atoms with van der Waals surface area (Å²) in [7, 11) is 1.92. The smallest absolute Gasteiger partial charge is 0.302 e. The molecule has 4 atom stereocenters. The van der Waals surface area contributed by atoms with Crippen molar-refractivity contribution in [2.24, 2.45) is 0 Å². The van der Waals surface area contributed by atoms with Gasteiger partial charge in [-0.25, -0.2) is 0 Å². The van der Waals surface area contributed by atoms with Crippen LogP contribution in [0.1, 0.15) is 65.2 Å². The molecule has 4 unspecified atom stereocenters. The molecule has 0 spiro atoms. The van der Waals surface area contributed by atoms with E-state index in [1.54, 1.807) is 0 Å². The molecule has 7 rings (SSSR count). The van der Waals surface area contributed by atoms with E-state index in [0.29, 0.717) is 26.0 Å². The first-order valence-corrected chi connectivity index (χ1v) is 14.7. The van der Waals surface area contributed by atoms with Crippen LogP contribution in [-0.2, 0) is 36.9 Å². The first-order chi connectivity index (χ1) is 20.3. The molecule has 1 amide bonds. The van der Waals surface area contributed by atoms with Crippen molar-refractivity contribution in [2.75, 3.05) is 31.7 Å². The Kier molecular flexibility index (Phi) is 6.66. The first kappa shape index (κ1) is 26.9. The van der Waals surface area contributed by atoms with E-state index in [-0.39, 0.29) is 48.6 Å². The number of hydrogen-bond acceptors (Lipinski definition) is 8. The number of ether oxygens (including phenoxy) is 2. The Balaban J connectivity index is 1.30. The quantitative estimate of drug-likeness (QED) is 0.339. The van der Waals surface area contributed by atoms with Gasteiger partial charge in [-0.1, -0.05) is 42.5 Å². The highest BCUT2D eigenvalue weighted by Crippen LogP contribution is 2.56. The van der Waals surface area contributed by atoms with Gasteiger partial charge in [0.2, 0.25) is 0 Å². The number of benzene rings is 2. The van der Waals surface area contributed by atoms with Gasteiger partial charge in [0, 0.05) is 64.0 Å². The van der Waals surface area contributed by atoms with Gasteiger partial charge in [0.1, 0.15) is 12.7 Å². The summed E-state index contributed by atoms with van der Waals surface area (Å²) in [5, 5.41) is 5.00. The van der Waals surface area contributed by atoms with E-state index < -0.39 is 0 Å². The Morgan fingerprint density at radius 1 is 1.10 bits per heavy atom. The summed E-state index contributed by atoms with van der Waals surface area (Å²) in [6.45, 7) is 4.69. The van der Waals surface area contributed by atoms with E-state index in [1.165, 1.54) is 36.2 Å². The minimum absolute atomic E-state index is 0.00148. The van der Waals surface area contributed by atoms with Crippen LogP contribution < -0.4 is 10.2 Å². The fourth-order valence-corrected chi connectivity index (χ4v) is 7.55. The molecule has 5 aliphatic rings. The number of anilines is 1. The molecule has 9 nitrogen and oxygen atoms in total. The van der Waals surface area contributed by atoms with Crippen LogP contribution in [0.4, 0.5) is 5.69 Å². The second kappa shape index (κ2) is 10.4. The number of nitrogens with zero attached hydrogens (tertiary/aromatic N) is 2. The highest BCUT2D eigenvalue weighted by molar-refractivity contribution is 6.09. The maximum Gasteiger partial charge on any atom is 0.302 e. The van der Waals surface area contributed by atoms with Crippen molar-refractivity contribution in [3.05, 3.63) is 75.9 Å². The Bertz CT molecular complexity index is 1560.